The number of alkyl halides is 1. The zero-order chi connectivity index (χ0) is 23.4. The molecule has 0 bridgehead atoms. The molecular formula is C25H37IN4OS. The predicted molar refractivity (Wildman–Crippen MR) is 147 cm³/mol. The molecule has 0 saturated heterocycles. The van der Waals surface area contributed by atoms with Gasteiger partial charge in [0.05, 0.1) is 38.5 Å². The van der Waals surface area contributed by atoms with Gasteiger partial charge in [0.15, 0.2) is 5.13 Å². The van der Waals surface area contributed by atoms with Crippen molar-refractivity contribution in [2.24, 2.45) is 0 Å². The van der Waals surface area contributed by atoms with E-state index >= 15 is 0 Å². The number of methoxy groups -OCH3 is 1. The summed E-state index contributed by atoms with van der Waals surface area (Å²) in [7, 11) is 1.75. The molecular weight excluding hydrogens is 531 g/mol. The minimum absolute atomic E-state index is 0.389. The predicted octanol–water partition coefficient (Wildman–Crippen LogP) is 7.50. The molecule has 32 heavy (non-hydrogen) atoms. The van der Waals surface area contributed by atoms with Crippen LogP contribution in [0.2, 0.25) is 0 Å². The first kappa shape index (κ1) is 25.4. The highest BCUT2D eigenvalue weighted by Gasteiger charge is 2.24. The van der Waals surface area contributed by atoms with Crippen molar-refractivity contribution in [1.29, 1.82) is 0 Å². The Labute approximate surface area is 210 Å². The number of nitrogens with zero attached hydrogens (tertiary/aromatic N) is 4. The smallest absolute Gasteiger partial charge is 0.186 e. The van der Waals surface area contributed by atoms with Crippen LogP contribution in [0, 0.1) is 13.8 Å². The van der Waals surface area contributed by atoms with Crippen LogP contribution in [0.1, 0.15) is 75.7 Å². The van der Waals surface area contributed by atoms with Gasteiger partial charge in [-0.3, -0.25) is 0 Å². The Bertz CT molecular complexity index is 1040. The summed E-state index contributed by atoms with van der Waals surface area (Å²) in [5.41, 5.74) is 7.10. The van der Waals surface area contributed by atoms with Crippen molar-refractivity contribution >= 4 is 50.1 Å². The minimum Gasteiger partial charge on any atom is -0.383 e. The Balaban J connectivity index is 2.16. The molecule has 176 valence electrons. The highest BCUT2D eigenvalue weighted by molar-refractivity contribution is 14.1. The number of hydrogen-bond acceptors (Lipinski definition) is 5. The first-order valence-corrected chi connectivity index (χ1v) is 14.0. The molecule has 5 nitrogen and oxygen atoms in total. The Morgan fingerprint density at radius 3 is 2.44 bits per heavy atom. The number of fused-ring (bicyclic) bond motifs is 1. The van der Waals surface area contributed by atoms with Gasteiger partial charge in [0.25, 0.3) is 0 Å². The maximum Gasteiger partial charge on any atom is 0.186 e. The molecule has 0 aliphatic carbocycles. The number of rotatable bonds is 11. The Kier molecular flexibility index (Phi) is 8.97. The highest BCUT2D eigenvalue weighted by atomic mass is 127. The topological polar surface area (TPSA) is 43.2 Å². The van der Waals surface area contributed by atoms with Gasteiger partial charge in [-0.05, 0) is 56.2 Å². The van der Waals surface area contributed by atoms with Crippen LogP contribution in [0.25, 0.3) is 21.6 Å². The van der Waals surface area contributed by atoms with E-state index in [1.165, 1.54) is 27.2 Å². The lowest BCUT2D eigenvalue weighted by Crippen LogP contribution is -2.25. The quantitative estimate of drug-likeness (QED) is 0.137. The summed E-state index contributed by atoms with van der Waals surface area (Å²) in [6.07, 6.45) is 5.60. The normalized spacial score (nSPS) is 12.8. The third kappa shape index (κ3) is 4.99. The molecule has 3 heterocycles. The zero-order valence-electron chi connectivity index (χ0n) is 20.5. The average Bonchev–Trinajstić information content (AvgIpc) is 3.36. The zero-order valence-corrected chi connectivity index (χ0v) is 23.5. The molecule has 3 aromatic heterocycles. The molecule has 1 unspecified atom stereocenters. The van der Waals surface area contributed by atoms with Crippen LogP contribution in [0.15, 0.2) is 12.3 Å². The molecule has 3 aromatic rings. The summed E-state index contributed by atoms with van der Waals surface area (Å²) in [5, 5.41) is 1.06. The van der Waals surface area contributed by atoms with Gasteiger partial charge in [-0.1, -0.05) is 61.6 Å². The number of anilines is 1. The van der Waals surface area contributed by atoms with Gasteiger partial charge in [0.1, 0.15) is 0 Å². The average molecular weight is 569 g/mol. The third-order valence-corrected chi connectivity index (χ3v) is 8.39. The largest absolute Gasteiger partial charge is 0.383 e. The molecule has 0 saturated carbocycles. The minimum atomic E-state index is 0.389. The molecule has 0 N–H and O–H groups in total. The van der Waals surface area contributed by atoms with E-state index < -0.39 is 0 Å². The van der Waals surface area contributed by atoms with E-state index in [-0.39, 0.29) is 0 Å². The SMILES string of the molecule is CCC(C)c1nc(N(CI)CCOC)sc1-c1nc2c(C)cn(C(CC)CC)c2cc1C. The fourth-order valence-electron chi connectivity index (χ4n) is 4.20. The van der Waals surface area contributed by atoms with Crippen molar-refractivity contribution in [3.63, 3.8) is 0 Å². The molecule has 0 aliphatic rings. The number of pyridine rings is 1. The fourth-order valence-corrected chi connectivity index (χ4v) is 6.36. The van der Waals surface area contributed by atoms with E-state index in [2.05, 4.69) is 85.9 Å². The van der Waals surface area contributed by atoms with Crippen molar-refractivity contribution in [2.45, 2.75) is 72.8 Å². The lowest BCUT2D eigenvalue weighted by molar-refractivity contribution is 0.206. The van der Waals surface area contributed by atoms with Crippen LogP contribution in [0.3, 0.4) is 0 Å². The second kappa shape index (κ2) is 11.3. The Morgan fingerprint density at radius 1 is 1.12 bits per heavy atom. The van der Waals surface area contributed by atoms with Crippen LogP contribution in [0.5, 0.6) is 0 Å². The second-order valence-corrected chi connectivity index (χ2v) is 10.3. The van der Waals surface area contributed by atoms with Crippen LogP contribution in [0.4, 0.5) is 5.13 Å². The molecule has 0 spiro atoms. The lowest BCUT2D eigenvalue weighted by atomic mass is 10.0. The van der Waals surface area contributed by atoms with Gasteiger partial charge in [-0.15, -0.1) is 0 Å². The molecule has 0 aromatic carbocycles. The standard InChI is InChI=1S/C25H37IN4OS/c1-8-16(4)22-24(32-25(28-22)29(15-26)11-12-31-7)23-17(5)13-20-21(27-23)18(6)14-30(20)19(9-2)10-3/h13-14,16,19H,8-12,15H2,1-7H3. The van der Waals surface area contributed by atoms with E-state index in [1.807, 2.05) is 0 Å². The molecule has 7 heteroatoms. The highest BCUT2D eigenvalue weighted by Crippen LogP contribution is 2.41. The summed E-state index contributed by atoms with van der Waals surface area (Å²) in [6, 6.07) is 2.85. The van der Waals surface area contributed by atoms with Gasteiger partial charge in [-0.25, -0.2) is 9.97 Å². The van der Waals surface area contributed by atoms with Crippen LogP contribution in [-0.2, 0) is 4.74 Å². The van der Waals surface area contributed by atoms with E-state index in [0.717, 1.165) is 46.7 Å². The molecule has 3 rings (SSSR count). The van der Waals surface area contributed by atoms with Gasteiger partial charge >= 0.3 is 0 Å². The van der Waals surface area contributed by atoms with Gasteiger partial charge < -0.3 is 14.2 Å². The van der Waals surface area contributed by atoms with Crippen molar-refractivity contribution in [1.82, 2.24) is 14.5 Å². The Morgan fingerprint density at radius 2 is 1.84 bits per heavy atom. The number of hydrogen-bond donors (Lipinski definition) is 0. The summed E-state index contributed by atoms with van der Waals surface area (Å²) in [5.74, 6) is 0.389. The third-order valence-electron chi connectivity index (χ3n) is 6.43. The number of aromatic nitrogens is 3. The second-order valence-electron chi connectivity index (χ2n) is 8.61. The van der Waals surface area contributed by atoms with Crippen molar-refractivity contribution < 1.29 is 4.74 Å². The monoisotopic (exact) mass is 568 g/mol. The first-order chi connectivity index (χ1) is 15.4. The summed E-state index contributed by atoms with van der Waals surface area (Å²) in [4.78, 5) is 13.9. The van der Waals surface area contributed by atoms with Gasteiger partial charge in [0.2, 0.25) is 0 Å². The molecule has 0 amide bonds. The Hall–Kier alpha value is -1.19. The number of aryl methyl sites for hydroxylation is 2. The van der Waals surface area contributed by atoms with Crippen LogP contribution < -0.4 is 4.90 Å². The van der Waals surface area contributed by atoms with E-state index in [9.17, 15) is 0 Å². The van der Waals surface area contributed by atoms with Crippen molar-refractivity contribution in [3.05, 3.63) is 29.1 Å². The van der Waals surface area contributed by atoms with E-state index in [4.69, 9.17) is 14.7 Å². The maximum absolute atomic E-state index is 5.32. The van der Waals surface area contributed by atoms with Gasteiger partial charge in [-0.2, -0.15) is 0 Å². The number of thiazole rings is 1. The van der Waals surface area contributed by atoms with Gasteiger partial charge in [0, 0.05) is 25.9 Å². The van der Waals surface area contributed by atoms with Crippen LogP contribution >= 0.6 is 33.9 Å². The van der Waals surface area contributed by atoms with Crippen LogP contribution in [-0.4, -0.2) is 39.3 Å². The number of ether oxygens (including phenoxy) is 1. The molecule has 0 aliphatic heterocycles. The first-order valence-electron chi connectivity index (χ1n) is 11.7. The summed E-state index contributed by atoms with van der Waals surface area (Å²) >= 11 is 4.19. The maximum atomic E-state index is 5.32. The van der Waals surface area contributed by atoms with E-state index in [1.54, 1.807) is 18.4 Å². The molecule has 0 fully saturated rings. The molecule has 0 radical (unpaired) electrons. The van der Waals surface area contributed by atoms with Crippen molar-refractivity contribution in [3.8, 4) is 10.6 Å². The van der Waals surface area contributed by atoms with E-state index in [0.29, 0.717) is 18.6 Å². The molecule has 1 atom stereocenters. The summed E-state index contributed by atoms with van der Waals surface area (Å²) < 4.78 is 8.64. The summed E-state index contributed by atoms with van der Waals surface area (Å²) in [6.45, 7) is 15.0. The fraction of sp³-hybridized carbons (Fsp3) is 0.600. The van der Waals surface area contributed by atoms with Crippen molar-refractivity contribution in [2.75, 3.05) is 29.7 Å². The lowest BCUT2D eigenvalue weighted by Gasteiger charge is -2.18. The number of halogens is 1.